The van der Waals surface area contributed by atoms with E-state index < -0.39 is 18.2 Å². The van der Waals surface area contributed by atoms with Gasteiger partial charge in [0.1, 0.15) is 0 Å². The summed E-state index contributed by atoms with van der Waals surface area (Å²) in [5, 5.41) is 30.9. The highest BCUT2D eigenvalue weighted by Gasteiger charge is 2.47. The Hall–Kier alpha value is -1.17. The molecule has 5 atom stereocenters. The van der Waals surface area contributed by atoms with Crippen molar-refractivity contribution in [2.24, 2.45) is 11.8 Å². The van der Waals surface area contributed by atoms with Crippen molar-refractivity contribution >= 4 is 5.97 Å². The zero-order valence-electron chi connectivity index (χ0n) is 15.1. The summed E-state index contributed by atoms with van der Waals surface area (Å²) in [4.78, 5) is 10.5. The van der Waals surface area contributed by atoms with Crippen LogP contribution in [-0.4, -0.2) is 41.1 Å². The van der Waals surface area contributed by atoms with E-state index in [0.717, 1.165) is 31.3 Å². The molecule has 0 spiro atoms. The summed E-state index contributed by atoms with van der Waals surface area (Å²) >= 11 is 0. The second-order valence-electron chi connectivity index (χ2n) is 7.25. The normalized spacial score (nSPS) is 31.7. The molecule has 142 valence electrons. The maximum absolute atomic E-state index is 10.5. The van der Waals surface area contributed by atoms with Gasteiger partial charge in [-0.15, -0.1) is 0 Å². The first-order chi connectivity index (χ1) is 12.0. The number of aliphatic hydroxyl groups excluding tert-OH is 2. The number of rotatable bonds is 10. The highest BCUT2D eigenvalue weighted by Crippen LogP contribution is 2.44. The van der Waals surface area contributed by atoms with E-state index in [4.69, 9.17) is 4.74 Å². The van der Waals surface area contributed by atoms with Crippen LogP contribution in [0.1, 0.15) is 58.3 Å². The zero-order chi connectivity index (χ0) is 18.2. The Morgan fingerprint density at radius 3 is 2.92 bits per heavy atom. The molecule has 25 heavy (non-hydrogen) atoms. The molecule has 5 heteroatoms. The van der Waals surface area contributed by atoms with Crippen molar-refractivity contribution in [2.45, 2.75) is 76.6 Å². The van der Waals surface area contributed by atoms with Gasteiger partial charge in [0.2, 0.25) is 0 Å². The molecule has 5 unspecified atom stereocenters. The molecule has 1 saturated carbocycles. The van der Waals surface area contributed by atoms with E-state index in [1.165, 1.54) is 0 Å². The van der Waals surface area contributed by atoms with Crippen LogP contribution in [0.5, 0.6) is 0 Å². The Bertz CT molecular complexity index is 484. The van der Waals surface area contributed by atoms with Crippen molar-refractivity contribution in [3.05, 3.63) is 23.8 Å². The second-order valence-corrected chi connectivity index (χ2v) is 7.25. The summed E-state index contributed by atoms with van der Waals surface area (Å²) in [5.74, 6) is -0.925. The number of carbonyl (C=O) groups is 1. The molecule has 2 fully saturated rings. The molecule has 0 radical (unpaired) electrons. The van der Waals surface area contributed by atoms with E-state index in [0.29, 0.717) is 25.9 Å². The Morgan fingerprint density at radius 2 is 2.20 bits per heavy atom. The summed E-state index contributed by atoms with van der Waals surface area (Å²) in [6.45, 7) is 2.69. The summed E-state index contributed by atoms with van der Waals surface area (Å²) in [6, 6.07) is 0. The van der Waals surface area contributed by atoms with Gasteiger partial charge in [-0.1, -0.05) is 44.4 Å². The third-order valence-corrected chi connectivity index (χ3v) is 5.28. The van der Waals surface area contributed by atoms with Crippen molar-refractivity contribution in [1.29, 1.82) is 0 Å². The number of carboxylic acids is 1. The number of hydrogen-bond donors (Lipinski definition) is 2. The lowest BCUT2D eigenvalue weighted by Gasteiger charge is -2.18. The molecule has 0 aromatic heterocycles. The second kappa shape index (κ2) is 10.1. The number of ether oxygens (including phenoxy) is 1. The van der Waals surface area contributed by atoms with E-state index >= 15 is 0 Å². The standard InChI is InChI=1S/C20H32O5/c1-2-3-4-8-15(21)10-11-16-17(22)12-18-20(16)14(13-25-18)7-5-6-9-19(23)24/h7,10-11,15-18,20-22H,2-6,8-9,12-13H2,1H3,(H,23,24)/p-1. The van der Waals surface area contributed by atoms with E-state index in [1.807, 2.05) is 12.2 Å². The quantitative estimate of drug-likeness (QED) is 0.462. The molecule has 0 amide bonds. The fourth-order valence-corrected chi connectivity index (χ4v) is 3.92. The van der Waals surface area contributed by atoms with E-state index in [-0.39, 0.29) is 24.4 Å². The first-order valence-corrected chi connectivity index (χ1v) is 9.57. The number of aliphatic hydroxyl groups is 2. The molecule has 1 aliphatic carbocycles. The average Bonchev–Trinajstić information content (AvgIpc) is 3.08. The molecule has 1 heterocycles. The van der Waals surface area contributed by atoms with Crippen molar-refractivity contribution in [3.63, 3.8) is 0 Å². The van der Waals surface area contributed by atoms with Crippen molar-refractivity contribution in [1.82, 2.24) is 0 Å². The smallest absolute Gasteiger partial charge is 0.0721 e. The predicted octanol–water partition coefficient (Wildman–Crippen LogP) is 1.73. The molecular formula is C20H31O5-. The molecule has 1 aliphatic heterocycles. The minimum Gasteiger partial charge on any atom is -0.550 e. The number of aliphatic carboxylic acids is 1. The molecule has 2 rings (SSSR count). The van der Waals surface area contributed by atoms with Gasteiger partial charge in [-0.3, -0.25) is 0 Å². The highest BCUT2D eigenvalue weighted by molar-refractivity contribution is 5.64. The van der Waals surface area contributed by atoms with Gasteiger partial charge in [-0.2, -0.15) is 0 Å². The van der Waals surface area contributed by atoms with Gasteiger partial charge in [0.05, 0.1) is 24.9 Å². The van der Waals surface area contributed by atoms with Crippen LogP contribution in [0, 0.1) is 11.8 Å². The maximum Gasteiger partial charge on any atom is 0.0721 e. The van der Waals surface area contributed by atoms with E-state index in [2.05, 4.69) is 13.0 Å². The van der Waals surface area contributed by atoms with Crippen LogP contribution in [0.2, 0.25) is 0 Å². The van der Waals surface area contributed by atoms with Crippen LogP contribution in [0.3, 0.4) is 0 Å². The van der Waals surface area contributed by atoms with Crippen LogP contribution in [0.25, 0.3) is 0 Å². The Labute approximate surface area is 150 Å². The fraction of sp³-hybridized carbons (Fsp3) is 0.750. The predicted molar refractivity (Wildman–Crippen MR) is 93.6 cm³/mol. The Balaban J connectivity index is 1.92. The SMILES string of the molecule is CCCCCC(O)C=CC1C(O)CC2OCC(=CCCCC(=O)[O-])C21. The Kier molecular flexibility index (Phi) is 8.13. The lowest BCUT2D eigenvalue weighted by molar-refractivity contribution is -0.305. The van der Waals surface area contributed by atoms with Gasteiger partial charge in [0, 0.05) is 24.2 Å². The molecule has 5 nitrogen and oxygen atoms in total. The molecule has 0 aromatic rings. The van der Waals surface area contributed by atoms with Gasteiger partial charge in [-0.05, 0) is 31.3 Å². The van der Waals surface area contributed by atoms with Crippen LogP contribution in [-0.2, 0) is 9.53 Å². The first-order valence-electron chi connectivity index (χ1n) is 9.57. The highest BCUT2D eigenvalue weighted by atomic mass is 16.5. The van der Waals surface area contributed by atoms with Crippen molar-refractivity contribution in [2.75, 3.05) is 6.61 Å². The minimum atomic E-state index is -1.02. The van der Waals surface area contributed by atoms with E-state index in [9.17, 15) is 20.1 Å². The van der Waals surface area contributed by atoms with Gasteiger partial charge in [-0.25, -0.2) is 0 Å². The van der Waals surface area contributed by atoms with Crippen LogP contribution >= 0.6 is 0 Å². The van der Waals surface area contributed by atoms with E-state index in [1.54, 1.807) is 0 Å². The number of hydrogen-bond acceptors (Lipinski definition) is 5. The van der Waals surface area contributed by atoms with Crippen LogP contribution in [0.4, 0.5) is 0 Å². The lowest BCUT2D eigenvalue weighted by atomic mass is 9.87. The third kappa shape index (κ3) is 5.94. The van der Waals surface area contributed by atoms with Gasteiger partial charge < -0.3 is 24.9 Å². The lowest BCUT2D eigenvalue weighted by Crippen LogP contribution is -2.21. The first kappa shape index (κ1) is 20.1. The molecule has 1 saturated heterocycles. The summed E-state index contributed by atoms with van der Waals surface area (Å²) in [6.07, 6.45) is 10.9. The fourth-order valence-electron chi connectivity index (χ4n) is 3.92. The molecule has 0 bridgehead atoms. The minimum absolute atomic E-state index is 0.0225. The number of allylic oxidation sites excluding steroid dienone is 1. The van der Waals surface area contributed by atoms with Crippen molar-refractivity contribution in [3.8, 4) is 0 Å². The van der Waals surface area contributed by atoms with Crippen LogP contribution in [0.15, 0.2) is 23.8 Å². The molecule has 2 N–H and O–H groups in total. The van der Waals surface area contributed by atoms with Crippen molar-refractivity contribution < 1.29 is 24.9 Å². The Morgan fingerprint density at radius 1 is 1.40 bits per heavy atom. The average molecular weight is 351 g/mol. The van der Waals surface area contributed by atoms with Gasteiger partial charge in [0.15, 0.2) is 0 Å². The van der Waals surface area contributed by atoms with Gasteiger partial charge >= 0.3 is 0 Å². The molecular weight excluding hydrogens is 320 g/mol. The summed E-state index contributed by atoms with van der Waals surface area (Å²) in [7, 11) is 0. The summed E-state index contributed by atoms with van der Waals surface area (Å²) < 4.78 is 5.80. The molecule has 0 aromatic carbocycles. The number of fused-ring (bicyclic) bond motifs is 1. The molecule has 2 aliphatic rings. The maximum atomic E-state index is 10.5. The third-order valence-electron chi connectivity index (χ3n) is 5.28. The number of carboxylic acid groups (broad SMARTS) is 1. The monoisotopic (exact) mass is 351 g/mol. The van der Waals surface area contributed by atoms with Gasteiger partial charge in [0.25, 0.3) is 0 Å². The zero-order valence-corrected chi connectivity index (χ0v) is 15.1. The topological polar surface area (TPSA) is 89.8 Å². The largest absolute Gasteiger partial charge is 0.550 e. The van der Waals surface area contributed by atoms with Crippen LogP contribution < -0.4 is 5.11 Å². The number of carbonyl (C=O) groups excluding carboxylic acids is 1. The number of unbranched alkanes of at least 4 members (excludes halogenated alkanes) is 3. The summed E-state index contributed by atoms with van der Waals surface area (Å²) in [5.41, 5.74) is 1.15.